The zero-order valence-corrected chi connectivity index (χ0v) is 16.6. The average molecular weight is 400 g/mol. The Kier molecular flexibility index (Phi) is 5.22. The number of pyridine rings is 1. The second-order valence-electron chi connectivity index (χ2n) is 6.62. The SMILES string of the molecule is COc1ccc(-n2cc(C(=O)Nc3ccccc3OC)c3ccccc3c2=O)cc1. The van der Waals surface area contributed by atoms with Crippen LogP contribution in [0, 0.1) is 0 Å². The number of amides is 1. The largest absolute Gasteiger partial charge is 0.497 e. The van der Waals surface area contributed by atoms with E-state index in [1.165, 1.54) is 4.57 Å². The molecule has 0 spiro atoms. The zero-order valence-electron chi connectivity index (χ0n) is 16.6. The highest BCUT2D eigenvalue weighted by Crippen LogP contribution is 2.25. The Labute approximate surface area is 173 Å². The van der Waals surface area contributed by atoms with Gasteiger partial charge in [0.05, 0.1) is 25.5 Å². The third-order valence-corrected chi connectivity index (χ3v) is 4.88. The normalized spacial score (nSPS) is 10.6. The minimum absolute atomic E-state index is 0.204. The molecule has 0 aliphatic rings. The van der Waals surface area contributed by atoms with Crippen LogP contribution in [0.25, 0.3) is 16.5 Å². The van der Waals surface area contributed by atoms with Crippen LogP contribution < -0.4 is 20.3 Å². The molecular formula is C24H20N2O4. The molecule has 0 saturated carbocycles. The predicted molar refractivity (Wildman–Crippen MR) is 117 cm³/mol. The highest BCUT2D eigenvalue weighted by molar-refractivity contribution is 6.13. The van der Waals surface area contributed by atoms with Gasteiger partial charge in [0.1, 0.15) is 11.5 Å². The maximum Gasteiger partial charge on any atom is 0.262 e. The van der Waals surface area contributed by atoms with Gasteiger partial charge >= 0.3 is 0 Å². The van der Waals surface area contributed by atoms with E-state index >= 15 is 0 Å². The quantitative estimate of drug-likeness (QED) is 0.543. The Balaban J connectivity index is 1.85. The van der Waals surface area contributed by atoms with Crippen molar-refractivity contribution in [2.75, 3.05) is 19.5 Å². The van der Waals surface area contributed by atoms with Gasteiger partial charge in [-0.3, -0.25) is 14.2 Å². The number of para-hydroxylation sites is 2. The topological polar surface area (TPSA) is 69.6 Å². The highest BCUT2D eigenvalue weighted by atomic mass is 16.5. The van der Waals surface area contributed by atoms with E-state index in [0.717, 1.165) is 0 Å². The number of aromatic nitrogens is 1. The average Bonchev–Trinajstić information content (AvgIpc) is 2.80. The Hall–Kier alpha value is -4.06. The third kappa shape index (κ3) is 3.51. The molecule has 4 aromatic rings. The molecule has 1 heterocycles. The molecule has 6 heteroatoms. The van der Waals surface area contributed by atoms with Crippen LogP contribution >= 0.6 is 0 Å². The first-order valence-corrected chi connectivity index (χ1v) is 9.35. The van der Waals surface area contributed by atoms with E-state index in [0.29, 0.717) is 39.2 Å². The number of methoxy groups -OCH3 is 2. The molecule has 0 unspecified atom stereocenters. The summed E-state index contributed by atoms with van der Waals surface area (Å²) in [5.74, 6) is 0.901. The third-order valence-electron chi connectivity index (χ3n) is 4.88. The van der Waals surface area contributed by atoms with Crippen molar-refractivity contribution in [3.05, 3.63) is 94.9 Å². The number of hydrogen-bond acceptors (Lipinski definition) is 4. The minimum Gasteiger partial charge on any atom is -0.497 e. The fourth-order valence-electron chi connectivity index (χ4n) is 3.34. The highest BCUT2D eigenvalue weighted by Gasteiger charge is 2.17. The van der Waals surface area contributed by atoms with Crippen LogP contribution in [0.2, 0.25) is 0 Å². The van der Waals surface area contributed by atoms with Crippen molar-refractivity contribution in [2.24, 2.45) is 0 Å². The van der Waals surface area contributed by atoms with Crippen LogP contribution in [0.1, 0.15) is 10.4 Å². The first-order valence-electron chi connectivity index (χ1n) is 9.35. The summed E-state index contributed by atoms with van der Waals surface area (Å²) in [6.45, 7) is 0. The van der Waals surface area contributed by atoms with Crippen molar-refractivity contribution >= 4 is 22.4 Å². The number of benzene rings is 3. The van der Waals surface area contributed by atoms with Gasteiger partial charge in [-0.25, -0.2) is 0 Å². The smallest absolute Gasteiger partial charge is 0.262 e. The van der Waals surface area contributed by atoms with Gasteiger partial charge in [-0.05, 0) is 42.5 Å². The molecule has 0 bridgehead atoms. The van der Waals surface area contributed by atoms with Crippen LogP contribution in [0.4, 0.5) is 5.69 Å². The minimum atomic E-state index is -0.335. The molecular weight excluding hydrogens is 380 g/mol. The monoisotopic (exact) mass is 400 g/mol. The van der Waals surface area contributed by atoms with Crippen LogP contribution in [-0.4, -0.2) is 24.7 Å². The molecule has 0 aliphatic carbocycles. The van der Waals surface area contributed by atoms with E-state index in [4.69, 9.17) is 9.47 Å². The molecule has 4 rings (SSSR count). The number of fused-ring (bicyclic) bond motifs is 1. The molecule has 3 aromatic carbocycles. The summed E-state index contributed by atoms with van der Waals surface area (Å²) in [6, 6.07) is 21.3. The first kappa shape index (κ1) is 19.3. The van der Waals surface area contributed by atoms with E-state index in [1.54, 1.807) is 81.1 Å². The molecule has 0 aliphatic heterocycles. The van der Waals surface area contributed by atoms with Crippen molar-refractivity contribution in [1.29, 1.82) is 0 Å². The van der Waals surface area contributed by atoms with Gasteiger partial charge in [0.2, 0.25) is 0 Å². The number of anilines is 1. The summed E-state index contributed by atoms with van der Waals surface area (Å²) < 4.78 is 12.0. The predicted octanol–water partition coefficient (Wildman–Crippen LogP) is 4.26. The number of rotatable bonds is 5. The maximum absolute atomic E-state index is 13.2. The lowest BCUT2D eigenvalue weighted by atomic mass is 10.1. The van der Waals surface area contributed by atoms with Crippen molar-refractivity contribution in [1.82, 2.24) is 4.57 Å². The summed E-state index contributed by atoms with van der Waals surface area (Å²) >= 11 is 0. The Morgan fingerprint density at radius 3 is 2.20 bits per heavy atom. The molecule has 0 saturated heterocycles. The van der Waals surface area contributed by atoms with Gasteiger partial charge in [0.15, 0.2) is 0 Å². The number of nitrogens with zero attached hydrogens (tertiary/aromatic N) is 1. The molecule has 6 nitrogen and oxygen atoms in total. The summed E-state index contributed by atoms with van der Waals surface area (Å²) in [6.07, 6.45) is 1.57. The maximum atomic E-state index is 13.2. The number of hydrogen-bond donors (Lipinski definition) is 1. The van der Waals surface area contributed by atoms with Crippen molar-refractivity contribution in [3.8, 4) is 17.2 Å². The Bertz CT molecular complexity index is 1280. The fraction of sp³-hybridized carbons (Fsp3) is 0.0833. The number of carbonyl (C=O) groups is 1. The van der Waals surface area contributed by atoms with Gasteiger partial charge in [-0.15, -0.1) is 0 Å². The van der Waals surface area contributed by atoms with E-state index in [1.807, 2.05) is 12.1 Å². The lowest BCUT2D eigenvalue weighted by Gasteiger charge is -2.14. The molecule has 150 valence electrons. The van der Waals surface area contributed by atoms with Crippen LogP contribution in [0.3, 0.4) is 0 Å². The van der Waals surface area contributed by atoms with Gasteiger partial charge < -0.3 is 14.8 Å². The van der Waals surface area contributed by atoms with Crippen molar-refractivity contribution in [3.63, 3.8) is 0 Å². The number of ether oxygens (including phenoxy) is 2. The standard InChI is InChI=1S/C24H20N2O4/c1-29-17-13-11-16(12-14-17)26-15-20(18-7-3-4-8-19(18)24(26)28)23(27)25-21-9-5-6-10-22(21)30-2/h3-15H,1-2H3,(H,25,27). The molecule has 1 aromatic heterocycles. The van der Waals surface area contributed by atoms with E-state index in [9.17, 15) is 9.59 Å². The Morgan fingerprint density at radius 2 is 1.50 bits per heavy atom. The van der Waals surface area contributed by atoms with Gasteiger partial charge in [-0.2, -0.15) is 0 Å². The van der Waals surface area contributed by atoms with Crippen molar-refractivity contribution < 1.29 is 14.3 Å². The molecule has 0 radical (unpaired) electrons. The van der Waals surface area contributed by atoms with Crippen LogP contribution in [-0.2, 0) is 0 Å². The van der Waals surface area contributed by atoms with Crippen molar-refractivity contribution in [2.45, 2.75) is 0 Å². The first-order chi connectivity index (χ1) is 14.6. The van der Waals surface area contributed by atoms with E-state index in [2.05, 4.69) is 5.32 Å². The van der Waals surface area contributed by atoms with Crippen LogP contribution in [0.15, 0.2) is 83.8 Å². The summed E-state index contributed by atoms with van der Waals surface area (Å²) in [4.78, 5) is 26.3. The molecule has 0 fully saturated rings. The lowest BCUT2D eigenvalue weighted by Crippen LogP contribution is -2.22. The molecule has 30 heavy (non-hydrogen) atoms. The zero-order chi connectivity index (χ0) is 21.1. The number of carbonyl (C=O) groups excluding carboxylic acids is 1. The van der Waals surface area contributed by atoms with Gasteiger partial charge in [0.25, 0.3) is 11.5 Å². The lowest BCUT2D eigenvalue weighted by molar-refractivity contribution is 0.102. The summed E-state index contributed by atoms with van der Waals surface area (Å²) in [5, 5.41) is 3.93. The van der Waals surface area contributed by atoms with Crippen LogP contribution in [0.5, 0.6) is 11.5 Å². The summed E-state index contributed by atoms with van der Waals surface area (Å²) in [7, 11) is 3.13. The van der Waals surface area contributed by atoms with E-state index in [-0.39, 0.29) is 11.5 Å². The summed E-state index contributed by atoms with van der Waals surface area (Å²) in [5.41, 5.74) is 1.37. The Morgan fingerprint density at radius 1 is 0.833 bits per heavy atom. The molecule has 1 amide bonds. The van der Waals surface area contributed by atoms with E-state index < -0.39 is 0 Å². The number of nitrogens with one attached hydrogen (secondary N) is 1. The second-order valence-corrected chi connectivity index (χ2v) is 6.62. The fourth-order valence-corrected chi connectivity index (χ4v) is 3.34. The van der Waals surface area contributed by atoms with Gasteiger partial charge in [0, 0.05) is 22.7 Å². The second kappa shape index (κ2) is 8.13. The van der Waals surface area contributed by atoms with Gasteiger partial charge in [-0.1, -0.05) is 30.3 Å². The molecule has 1 N–H and O–H groups in total. The molecule has 0 atom stereocenters.